The third-order valence-corrected chi connectivity index (χ3v) is 6.07. The quantitative estimate of drug-likeness (QED) is 0.533. The van der Waals surface area contributed by atoms with Crippen molar-refractivity contribution in [1.29, 1.82) is 0 Å². The zero-order valence-corrected chi connectivity index (χ0v) is 18.1. The average Bonchev–Trinajstić information content (AvgIpc) is 2.81. The summed E-state index contributed by atoms with van der Waals surface area (Å²) in [6.07, 6.45) is 0. The van der Waals surface area contributed by atoms with Crippen LogP contribution >= 0.6 is 0 Å². The Kier molecular flexibility index (Phi) is 7.28. The number of carbonyl (C=O) groups is 1. The minimum Gasteiger partial charge on any atom is -0.495 e. The lowest BCUT2D eigenvalue weighted by Crippen LogP contribution is -2.24. The molecule has 0 aromatic heterocycles. The molecule has 0 unspecified atom stereocenters. The van der Waals surface area contributed by atoms with Crippen molar-refractivity contribution in [3.05, 3.63) is 89.5 Å². The van der Waals surface area contributed by atoms with Crippen molar-refractivity contribution < 1.29 is 22.7 Å². The number of hydrogen-bond donors (Lipinski definition) is 2. The predicted molar refractivity (Wildman–Crippen MR) is 118 cm³/mol. The summed E-state index contributed by atoms with van der Waals surface area (Å²) >= 11 is 0. The van der Waals surface area contributed by atoms with Crippen molar-refractivity contribution in [2.45, 2.75) is 18.0 Å². The Morgan fingerprint density at radius 3 is 2.35 bits per heavy atom. The highest BCUT2D eigenvalue weighted by Gasteiger charge is 2.20. The molecule has 0 radical (unpaired) electrons. The average molecular weight is 441 g/mol. The number of amides is 1. The molecule has 0 atom stereocenters. The van der Waals surface area contributed by atoms with Crippen LogP contribution in [0, 0.1) is 0 Å². The summed E-state index contributed by atoms with van der Waals surface area (Å²) in [6, 6.07) is 21.5. The van der Waals surface area contributed by atoms with Crippen LogP contribution in [0.3, 0.4) is 0 Å². The zero-order valence-electron chi connectivity index (χ0n) is 17.3. The van der Waals surface area contributed by atoms with Gasteiger partial charge in [0.15, 0.2) is 0 Å². The minimum atomic E-state index is -3.78. The van der Waals surface area contributed by atoms with Crippen molar-refractivity contribution in [3.63, 3.8) is 0 Å². The molecule has 1 amide bonds. The number of nitrogens with one attached hydrogen (secondary N) is 2. The third kappa shape index (κ3) is 5.62. The zero-order chi connectivity index (χ0) is 22.3. The molecule has 2 N–H and O–H groups in total. The maximum atomic E-state index is 12.7. The highest BCUT2D eigenvalue weighted by molar-refractivity contribution is 7.89. The Morgan fingerprint density at radius 2 is 1.65 bits per heavy atom. The standard InChI is InChI=1S/C23H24N2O5S/c1-24-31(27,28)22-14-18(12-13-21(22)29-2)23(26)25-15-19-10-6-7-11-20(19)30-16-17-8-4-3-5-9-17/h3-14,24H,15-16H2,1-2H3,(H,25,26). The van der Waals surface area contributed by atoms with Crippen LogP contribution in [0.15, 0.2) is 77.7 Å². The van der Waals surface area contributed by atoms with Crippen molar-refractivity contribution in [3.8, 4) is 11.5 Å². The normalized spacial score (nSPS) is 11.0. The molecular formula is C23H24N2O5S. The van der Waals surface area contributed by atoms with E-state index in [1.807, 2.05) is 54.6 Å². The maximum absolute atomic E-state index is 12.7. The first kappa shape index (κ1) is 22.3. The number of methoxy groups -OCH3 is 1. The van der Waals surface area contributed by atoms with Gasteiger partial charge in [0.05, 0.1) is 7.11 Å². The van der Waals surface area contributed by atoms with Gasteiger partial charge in [-0.25, -0.2) is 13.1 Å². The molecule has 7 nitrogen and oxygen atoms in total. The van der Waals surface area contributed by atoms with E-state index in [9.17, 15) is 13.2 Å². The van der Waals surface area contributed by atoms with Crippen LogP contribution in [-0.4, -0.2) is 28.5 Å². The molecule has 8 heteroatoms. The smallest absolute Gasteiger partial charge is 0.251 e. The summed E-state index contributed by atoms with van der Waals surface area (Å²) in [5.41, 5.74) is 2.05. The van der Waals surface area contributed by atoms with E-state index in [0.717, 1.165) is 11.1 Å². The number of ether oxygens (including phenoxy) is 2. The van der Waals surface area contributed by atoms with Crippen LogP contribution in [-0.2, 0) is 23.2 Å². The van der Waals surface area contributed by atoms with Crippen LogP contribution < -0.4 is 19.5 Å². The number of carbonyl (C=O) groups excluding carboxylic acids is 1. The van der Waals surface area contributed by atoms with Gasteiger partial charge in [-0.1, -0.05) is 48.5 Å². The number of sulfonamides is 1. The first-order chi connectivity index (χ1) is 14.9. The van der Waals surface area contributed by atoms with Crippen LogP contribution in [0.2, 0.25) is 0 Å². The van der Waals surface area contributed by atoms with E-state index in [0.29, 0.717) is 12.4 Å². The Bertz CT molecular complexity index is 1150. The van der Waals surface area contributed by atoms with Gasteiger partial charge in [-0.2, -0.15) is 0 Å². The van der Waals surface area contributed by atoms with E-state index >= 15 is 0 Å². The van der Waals surface area contributed by atoms with Gasteiger partial charge in [0.25, 0.3) is 5.91 Å². The summed E-state index contributed by atoms with van der Waals surface area (Å²) in [5.74, 6) is 0.415. The van der Waals surface area contributed by atoms with Crippen molar-refractivity contribution in [2.24, 2.45) is 0 Å². The molecule has 0 aliphatic rings. The summed E-state index contributed by atoms with van der Waals surface area (Å²) in [5, 5.41) is 2.81. The highest BCUT2D eigenvalue weighted by Crippen LogP contribution is 2.25. The molecule has 0 bridgehead atoms. The molecule has 0 saturated carbocycles. The molecular weight excluding hydrogens is 416 g/mol. The van der Waals surface area contributed by atoms with Crippen LogP contribution in [0.25, 0.3) is 0 Å². The van der Waals surface area contributed by atoms with Gasteiger partial charge in [0.1, 0.15) is 23.0 Å². The monoisotopic (exact) mass is 440 g/mol. The Hall–Kier alpha value is -3.36. The van der Waals surface area contributed by atoms with E-state index in [2.05, 4.69) is 10.0 Å². The first-order valence-electron chi connectivity index (χ1n) is 9.59. The number of hydrogen-bond acceptors (Lipinski definition) is 5. The van der Waals surface area contributed by atoms with Gasteiger partial charge in [-0.3, -0.25) is 4.79 Å². The van der Waals surface area contributed by atoms with Gasteiger partial charge >= 0.3 is 0 Å². The summed E-state index contributed by atoms with van der Waals surface area (Å²) < 4.78 is 37.7. The summed E-state index contributed by atoms with van der Waals surface area (Å²) in [7, 11) is -1.11. The fourth-order valence-electron chi connectivity index (χ4n) is 2.94. The fourth-order valence-corrected chi connectivity index (χ4v) is 3.86. The third-order valence-electron chi connectivity index (χ3n) is 4.63. The Labute approximate surface area is 182 Å². The SMILES string of the molecule is CNS(=O)(=O)c1cc(C(=O)NCc2ccccc2OCc2ccccc2)ccc1OC. The Morgan fingerprint density at radius 1 is 0.935 bits per heavy atom. The second-order valence-electron chi connectivity index (χ2n) is 6.64. The van der Waals surface area contributed by atoms with Crippen molar-refractivity contribution in [1.82, 2.24) is 10.0 Å². The van der Waals surface area contributed by atoms with E-state index in [1.165, 1.54) is 32.4 Å². The largest absolute Gasteiger partial charge is 0.495 e. The Balaban J connectivity index is 1.72. The van der Waals surface area contributed by atoms with Gasteiger partial charge in [0.2, 0.25) is 10.0 Å². The molecule has 3 aromatic carbocycles. The highest BCUT2D eigenvalue weighted by atomic mass is 32.2. The number of benzene rings is 3. The van der Waals surface area contributed by atoms with Crippen LogP contribution in [0.5, 0.6) is 11.5 Å². The second-order valence-corrected chi connectivity index (χ2v) is 8.49. The van der Waals surface area contributed by atoms with Crippen molar-refractivity contribution >= 4 is 15.9 Å². The van der Waals surface area contributed by atoms with Crippen LogP contribution in [0.4, 0.5) is 0 Å². The van der Waals surface area contributed by atoms with E-state index < -0.39 is 15.9 Å². The molecule has 3 aromatic rings. The molecule has 0 aliphatic heterocycles. The fraction of sp³-hybridized carbons (Fsp3) is 0.174. The van der Waals surface area contributed by atoms with Crippen LogP contribution in [0.1, 0.15) is 21.5 Å². The lowest BCUT2D eigenvalue weighted by atomic mass is 10.1. The maximum Gasteiger partial charge on any atom is 0.251 e. The first-order valence-corrected chi connectivity index (χ1v) is 11.1. The van der Waals surface area contributed by atoms with E-state index in [1.54, 1.807) is 0 Å². The number of para-hydroxylation sites is 1. The van der Waals surface area contributed by atoms with Gasteiger partial charge < -0.3 is 14.8 Å². The molecule has 0 aliphatic carbocycles. The molecule has 3 rings (SSSR count). The lowest BCUT2D eigenvalue weighted by Gasteiger charge is -2.13. The van der Waals surface area contributed by atoms with E-state index in [-0.39, 0.29) is 22.8 Å². The minimum absolute atomic E-state index is 0.100. The van der Waals surface area contributed by atoms with E-state index in [4.69, 9.17) is 9.47 Å². The van der Waals surface area contributed by atoms with Gasteiger partial charge in [-0.15, -0.1) is 0 Å². The topological polar surface area (TPSA) is 93.7 Å². The van der Waals surface area contributed by atoms with Gasteiger partial charge in [0, 0.05) is 17.7 Å². The molecule has 0 fully saturated rings. The summed E-state index contributed by atoms with van der Waals surface area (Å²) in [6.45, 7) is 0.638. The van der Waals surface area contributed by atoms with Gasteiger partial charge in [-0.05, 0) is 36.9 Å². The molecule has 31 heavy (non-hydrogen) atoms. The summed E-state index contributed by atoms with van der Waals surface area (Å²) in [4.78, 5) is 12.6. The lowest BCUT2D eigenvalue weighted by molar-refractivity contribution is 0.0950. The molecule has 0 heterocycles. The molecule has 162 valence electrons. The molecule has 0 saturated heterocycles. The molecule has 0 spiro atoms. The van der Waals surface area contributed by atoms with Crippen molar-refractivity contribution in [2.75, 3.05) is 14.2 Å². The second kappa shape index (κ2) is 10.1. The predicted octanol–water partition coefficient (Wildman–Crippen LogP) is 3.11. The number of rotatable bonds is 9.